The number of likely N-dealkylation sites (tertiary alicyclic amines) is 1. The maximum Gasteiger partial charge on any atom is 0.222 e. The molecule has 6 heteroatoms. The van der Waals surface area contributed by atoms with Gasteiger partial charge in [0.15, 0.2) is 0 Å². The lowest BCUT2D eigenvalue weighted by Crippen LogP contribution is -2.45. The third kappa shape index (κ3) is 2.27. The first-order valence-electron chi connectivity index (χ1n) is 7.55. The first-order valence-corrected chi connectivity index (χ1v) is 8.43. The van der Waals surface area contributed by atoms with E-state index < -0.39 is 0 Å². The number of thiophene rings is 1. The summed E-state index contributed by atoms with van der Waals surface area (Å²) < 4.78 is 1.17. The van der Waals surface area contributed by atoms with Crippen LogP contribution in [0.15, 0.2) is 17.8 Å². The molecule has 2 aromatic heterocycles. The normalized spacial score (nSPS) is 20.7. The highest BCUT2D eigenvalue weighted by atomic mass is 32.1. The molecular formula is C15H18N4OS. The van der Waals surface area contributed by atoms with Gasteiger partial charge in [-0.3, -0.25) is 4.79 Å². The Morgan fingerprint density at radius 3 is 2.81 bits per heavy atom. The zero-order valence-corrected chi connectivity index (χ0v) is 12.7. The Bertz CT molecular complexity index is 662. The molecule has 4 rings (SSSR count). The molecule has 4 heterocycles. The molecule has 2 aromatic rings. The Morgan fingerprint density at radius 2 is 2.05 bits per heavy atom. The van der Waals surface area contributed by atoms with E-state index in [0.717, 1.165) is 56.7 Å². The fraction of sp³-hybridized carbons (Fsp3) is 0.533. The van der Waals surface area contributed by atoms with Crippen LogP contribution in [-0.2, 0) is 4.79 Å². The first kappa shape index (κ1) is 13.0. The number of carbonyl (C=O) groups excluding carboxylic acids is 1. The van der Waals surface area contributed by atoms with Crippen molar-refractivity contribution >= 4 is 33.3 Å². The van der Waals surface area contributed by atoms with Gasteiger partial charge in [-0.1, -0.05) is 0 Å². The molecule has 0 radical (unpaired) electrons. The van der Waals surface area contributed by atoms with Crippen LogP contribution in [0.1, 0.15) is 25.7 Å². The van der Waals surface area contributed by atoms with Gasteiger partial charge < -0.3 is 9.80 Å². The highest BCUT2D eigenvalue weighted by Gasteiger charge is 2.31. The second kappa shape index (κ2) is 5.26. The van der Waals surface area contributed by atoms with Crippen molar-refractivity contribution in [3.8, 4) is 0 Å². The summed E-state index contributed by atoms with van der Waals surface area (Å²) in [6, 6.07) is 2.47. The highest BCUT2D eigenvalue weighted by molar-refractivity contribution is 7.17. The quantitative estimate of drug-likeness (QED) is 0.854. The van der Waals surface area contributed by atoms with Crippen molar-refractivity contribution < 1.29 is 4.79 Å². The highest BCUT2D eigenvalue weighted by Crippen LogP contribution is 2.31. The average Bonchev–Trinajstić information content (AvgIpc) is 3.15. The lowest BCUT2D eigenvalue weighted by molar-refractivity contribution is -0.130. The van der Waals surface area contributed by atoms with Gasteiger partial charge in [-0.25, -0.2) is 9.97 Å². The zero-order valence-electron chi connectivity index (χ0n) is 11.9. The van der Waals surface area contributed by atoms with Gasteiger partial charge in [0, 0.05) is 32.1 Å². The summed E-state index contributed by atoms with van der Waals surface area (Å²) >= 11 is 1.70. The van der Waals surface area contributed by atoms with E-state index in [1.54, 1.807) is 17.7 Å². The second-order valence-electron chi connectivity index (χ2n) is 5.74. The Kier molecular flexibility index (Phi) is 3.25. The van der Waals surface area contributed by atoms with Crippen LogP contribution in [0.25, 0.3) is 10.2 Å². The van der Waals surface area contributed by atoms with Crippen LogP contribution in [-0.4, -0.2) is 46.5 Å². The third-order valence-electron chi connectivity index (χ3n) is 4.54. The Labute approximate surface area is 127 Å². The van der Waals surface area contributed by atoms with E-state index in [1.165, 1.54) is 4.70 Å². The molecule has 21 heavy (non-hydrogen) atoms. The minimum Gasteiger partial charge on any atom is -0.355 e. The predicted octanol–water partition coefficient (Wildman–Crippen LogP) is 2.28. The van der Waals surface area contributed by atoms with E-state index in [-0.39, 0.29) is 0 Å². The number of hydrogen-bond acceptors (Lipinski definition) is 5. The smallest absolute Gasteiger partial charge is 0.222 e. The van der Waals surface area contributed by atoms with Crippen molar-refractivity contribution in [1.82, 2.24) is 14.9 Å². The third-order valence-corrected chi connectivity index (χ3v) is 5.44. The molecule has 2 saturated heterocycles. The summed E-state index contributed by atoms with van der Waals surface area (Å²) in [5.74, 6) is 1.40. The molecule has 0 saturated carbocycles. The molecule has 0 spiro atoms. The van der Waals surface area contributed by atoms with E-state index in [9.17, 15) is 4.79 Å². The summed E-state index contributed by atoms with van der Waals surface area (Å²) in [6.07, 6.45) is 5.51. The summed E-state index contributed by atoms with van der Waals surface area (Å²) in [6.45, 7) is 2.89. The first-order chi connectivity index (χ1) is 10.3. The van der Waals surface area contributed by atoms with Gasteiger partial charge in [-0.2, -0.15) is 0 Å². The number of nitrogens with zero attached hydrogens (tertiary/aromatic N) is 4. The van der Waals surface area contributed by atoms with Crippen LogP contribution >= 0.6 is 11.3 Å². The van der Waals surface area contributed by atoms with Crippen molar-refractivity contribution in [3.63, 3.8) is 0 Å². The molecule has 0 bridgehead atoms. The van der Waals surface area contributed by atoms with Crippen molar-refractivity contribution in [2.75, 3.05) is 24.5 Å². The zero-order chi connectivity index (χ0) is 14.2. The van der Waals surface area contributed by atoms with Gasteiger partial charge in [-0.05, 0) is 30.7 Å². The molecule has 0 N–H and O–H groups in total. The molecule has 0 aromatic carbocycles. The monoisotopic (exact) mass is 302 g/mol. The number of anilines is 1. The van der Waals surface area contributed by atoms with Gasteiger partial charge >= 0.3 is 0 Å². The number of hydrogen-bond donors (Lipinski definition) is 0. The van der Waals surface area contributed by atoms with Gasteiger partial charge in [-0.15, -0.1) is 11.3 Å². The number of fused-ring (bicyclic) bond motifs is 1. The van der Waals surface area contributed by atoms with E-state index >= 15 is 0 Å². The van der Waals surface area contributed by atoms with Crippen molar-refractivity contribution in [2.45, 2.75) is 31.7 Å². The van der Waals surface area contributed by atoms with Crippen LogP contribution < -0.4 is 4.90 Å². The lowest BCUT2D eigenvalue weighted by Gasteiger charge is -2.37. The molecule has 0 atom stereocenters. The average molecular weight is 302 g/mol. The number of aromatic nitrogens is 2. The van der Waals surface area contributed by atoms with Crippen LogP contribution in [0.3, 0.4) is 0 Å². The molecule has 2 aliphatic rings. The number of amides is 1. The summed E-state index contributed by atoms with van der Waals surface area (Å²) in [5, 5.41) is 2.07. The Balaban J connectivity index is 1.50. The van der Waals surface area contributed by atoms with E-state index in [0.29, 0.717) is 11.9 Å². The van der Waals surface area contributed by atoms with Gasteiger partial charge in [0.05, 0.1) is 10.2 Å². The van der Waals surface area contributed by atoms with Gasteiger partial charge in [0.2, 0.25) is 5.91 Å². The molecule has 110 valence electrons. The molecule has 5 nitrogen and oxygen atoms in total. The minimum atomic E-state index is 0.344. The van der Waals surface area contributed by atoms with Gasteiger partial charge in [0.25, 0.3) is 0 Å². The Morgan fingerprint density at radius 1 is 1.19 bits per heavy atom. The van der Waals surface area contributed by atoms with Crippen LogP contribution in [0.4, 0.5) is 5.82 Å². The van der Waals surface area contributed by atoms with Crippen molar-refractivity contribution in [2.24, 2.45) is 0 Å². The Hall–Kier alpha value is -1.69. The molecule has 1 amide bonds. The summed E-state index contributed by atoms with van der Waals surface area (Å²) in [5.41, 5.74) is 1.03. The molecular weight excluding hydrogens is 284 g/mol. The van der Waals surface area contributed by atoms with E-state index in [2.05, 4.69) is 25.1 Å². The molecule has 2 aliphatic heterocycles. The maximum atomic E-state index is 11.9. The lowest BCUT2D eigenvalue weighted by atomic mass is 10.0. The summed E-state index contributed by atoms with van der Waals surface area (Å²) in [7, 11) is 0. The predicted molar refractivity (Wildman–Crippen MR) is 83.6 cm³/mol. The minimum absolute atomic E-state index is 0.344. The van der Waals surface area contributed by atoms with Crippen LogP contribution in [0, 0.1) is 0 Å². The number of piperidine rings is 1. The maximum absolute atomic E-state index is 11.9. The van der Waals surface area contributed by atoms with Crippen molar-refractivity contribution in [1.29, 1.82) is 0 Å². The van der Waals surface area contributed by atoms with Crippen LogP contribution in [0.2, 0.25) is 0 Å². The SMILES string of the molecule is O=C1CCCN1C1CCN(c2ncnc3ccsc23)CC1. The van der Waals surface area contributed by atoms with E-state index in [1.807, 2.05) is 6.07 Å². The van der Waals surface area contributed by atoms with Crippen molar-refractivity contribution in [3.05, 3.63) is 17.8 Å². The molecule has 0 aliphatic carbocycles. The van der Waals surface area contributed by atoms with E-state index in [4.69, 9.17) is 0 Å². The standard InChI is InChI=1S/C15H18N4OS/c20-13-2-1-6-19(13)11-3-7-18(8-4-11)15-14-12(5-9-21-14)16-10-17-15/h5,9-11H,1-4,6-8H2. The fourth-order valence-corrected chi connectivity index (χ4v) is 4.31. The van der Waals surface area contributed by atoms with Crippen LogP contribution in [0.5, 0.6) is 0 Å². The summed E-state index contributed by atoms with van der Waals surface area (Å²) in [4.78, 5) is 25.1. The van der Waals surface area contributed by atoms with Gasteiger partial charge in [0.1, 0.15) is 12.1 Å². The molecule has 2 fully saturated rings. The topological polar surface area (TPSA) is 49.3 Å². The number of rotatable bonds is 2. The largest absolute Gasteiger partial charge is 0.355 e. The molecule has 0 unspecified atom stereocenters. The number of carbonyl (C=O) groups is 1. The second-order valence-corrected chi connectivity index (χ2v) is 6.66. The fourth-order valence-electron chi connectivity index (χ4n) is 3.45.